The van der Waals surface area contributed by atoms with Crippen LogP contribution in [-0.4, -0.2) is 31.1 Å². The number of halogens is 2. The molecule has 118 valence electrons. The topological polar surface area (TPSA) is 84.5 Å². The van der Waals surface area contributed by atoms with Crippen molar-refractivity contribution in [2.24, 2.45) is 0 Å². The van der Waals surface area contributed by atoms with Gasteiger partial charge in [0.2, 0.25) is 0 Å². The van der Waals surface area contributed by atoms with E-state index >= 15 is 0 Å². The van der Waals surface area contributed by atoms with Crippen LogP contribution in [0.4, 0.5) is 4.79 Å². The first-order valence-corrected chi connectivity index (χ1v) is 7.05. The zero-order chi connectivity index (χ0) is 16.5. The van der Waals surface area contributed by atoms with Crippen molar-refractivity contribution in [1.82, 2.24) is 10.6 Å². The Balaban J connectivity index is 2.44. The quantitative estimate of drug-likeness (QED) is 0.634. The second kappa shape index (κ2) is 9.07. The van der Waals surface area contributed by atoms with Gasteiger partial charge in [0.25, 0.3) is 5.91 Å². The summed E-state index contributed by atoms with van der Waals surface area (Å²) in [5, 5.41) is 5.23. The Morgan fingerprint density at radius 2 is 2.00 bits per heavy atom. The lowest BCUT2D eigenvalue weighted by molar-refractivity contribution is -0.143. The zero-order valence-corrected chi connectivity index (χ0v) is 13.2. The fraction of sp³-hybridized carbons (Fsp3) is 0.214. The summed E-state index contributed by atoms with van der Waals surface area (Å²) in [6.45, 7) is 1.52. The van der Waals surface area contributed by atoms with Crippen LogP contribution in [0.5, 0.6) is 0 Å². The second-order valence-electron chi connectivity index (χ2n) is 4.01. The fourth-order valence-electron chi connectivity index (χ4n) is 1.35. The third-order valence-corrected chi connectivity index (χ3v) is 2.86. The number of nitrogens with one attached hydrogen (secondary N) is 2. The maximum Gasteiger partial charge on any atom is 0.331 e. The highest BCUT2D eigenvalue weighted by molar-refractivity contribution is 6.35. The minimum Gasteiger partial charge on any atom is -0.452 e. The maximum atomic E-state index is 11.5. The van der Waals surface area contributed by atoms with Gasteiger partial charge < -0.3 is 10.1 Å². The molecule has 22 heavy (non-hydrogen) atoms. The predicted molar refractivity (Wildman–Crippen MR) is 83.7 cm³/mol. The summed E-state index contributed by atoms with van der Waals surface area (Å²) in [6.07, 6.45) is 2.55. The van der Waals surface area contributed by atoms with Crippen molar-refractivity contribution in [3.05, 3.63) is 39.9 Å². The Kier molecular flexibility index (Phi) is 7.42. The van der Waals surface area contributed by atoms with Crippen LogP contribution in [0.3, 0.4) is 0 Å². The first-order valence-electron chi connectivity index (χ1n) is 6.30. The Morgan fingerprint density at radius 3 is 2.64 bits per heavy atom. The van der Waals surface area contributed by atoms with Crippen LogP contribution < -0.4 is 10.6 Å². The summed E-state index contributed by atoms with van der Waals surface area (Å²) in [6, 6.07) is 4.15. The van der Waals surface area contributed by atoms with Gasteiger partial charge in [-0.3, -0.25) is 10.1 Å². The van der Waals surface area contributed by atoms with Crippen molar-refractivity contribution in [2.75, 3.05) is 13.2 Å². The molecule has 0 aromatic heterocycles. The van der Waals surface area contributed by atoms with E-state index in [1.807, 2.05) is 5.32 Å². The van der Waals surface area contributed by atoms with Crippen LogP contribution >= 0.6 is 23.2 Å². The normalized spacial score (nSPS) is 10.3. The van der Waals surface area contributed by atoms with Crippen molar-refractivity contribution in [3.8, 4) is 0 Å². The van der Waals surface area contributed by atoms with E-state index in [-0.39, 0.29) is 0 Å². The minimum absolute atomic E-state index is 0.378. The number of esters is 1. The number of rotatable bonds is 5. The van der Waals surface area contributed by atoms with Crippen molar-refractivity contribution >= 4 is 47.2 Å². The molecule has 0 aliphatic rings. The second-order valence-corrected chi connectivity index (χ2v) is 4.86. The summed E-state index contributed by atoms with van der Waals surface area (Å²) in [4.78, 5) is 33.8. The van der Waals surface area contributed by atoms with Gasteiger partial charge in [0.15, 0.2) is 6.61 Å². The molecule has 0 saturated heterocycles. The summed E-state index contributed by atoms with van der Waals surface area (Å²) in [5.41, 5.74) is 0.579. The van der Waals surface area contributed by atoms with E-state index in [1.165, 1.54) is 12.1 Å². The molecule has 0 unspecified atom stereocenters. The number of ether oxygens (including phenoxy) is 1. The number of hydrogen-bond donors (Lipinski definition) is 2. The first kappa shape index (κ1) is 18.0. The standard InChI is InChI=1S/C14H14Cl2N2O4/c1-2-17-14(21)18-12(19)8-22-13(20)6-4-9-3-5-10(15)7-11(9)16/h3-7H,2,8H2,1H3,(H2,17,18,19,21)/b6-4+. The molecule has 3 amide bonds. The molecule has 0 spiro atoms. The highest BCUT2D eigenvalue weighted by Gasteiger charge is 2.08. The number of carbonyl (C=O) groups excluding carboxylic acids is 3. The van der Waals surface area contributed by atoms with E-state index < -0.39 is 24.5 Å². The van der Waals surface area contributed by atoms with Crippen molar-refractivity contribution in [1.29, 1.82) is 0 Å². The Morgan fingerprint density at radius 1 is 1.27 bits per heavy atom. The van der Waals surface area contributed by atoms with E-state index in [0.29, 0.717) is 22.2 Å². The van der Waals surface area contributed by atoms with Gasteiger partial charge in [-0.05, 0) is 30.7 Å². The molecule has 0 radical (unpaired) electrons. The lowest BCUT2D eigenvalue weighted by atomic mass is 10.2. The summed E-state index contributed by atoms with van der Waals surface area (Å²) in [7, 11) is 0. The van der Waals surface area contributed by atoms with Gasteiger partial charge in [-0.15, -0.1) is 0 Å². The Hall–Kier alpha value is -2.05. The van der Waals surface area contributed by atoms with Gasteiger partial charge in [-0.1, -0.05) is 29.3 Å². The summed E-state index contributed by atoms with van der Waals surface area (Å²) >= 11 is 11.7. The average molecular weight is 345 g/mol. The van der Waals surface area contributed by atoms with E-state index in [9.17, 15) is 14.4 Å². The van der Waals surface area contributed by atoms with E-state index in [2.05, 4.69) is 10.1 Å². The molecular weight excluding hydrogens is 331 g/mol. The molecule has 0 atom stereocenters. The fourth-order valence-corrected chi connectivity index (χ4v) is 1.82. The molecule has 0 fully saturated rings. The number of amides is 3. The molecule has 0 aliphatic carbocycles. The predicted octanol–water partition coefficient (Wildman–Crippen LogP) is 2.40. The van der Waals surface area contributed by atoms with E-state index in [1.54, 1.807) is 19.1 Å². The van der Waals surface area contributed by atoms with Crippen LogP contribution in [0.2, 0.25) is 10.0 Å². The third kappa shape index (κ3) is 6.60. The molecule has 8 heteroatoms. The Labute approximate surface area is 137 Å². The molecule has 0 aliphatic heterocycles. The number of carbonyl (C=O) groups is 3. The third-order valence-electron chi connectivity index (χ3n) is 2.30. The van der Waals surface area contributed by atoms with Crippen LogP contribution in [-0.2, 0) is 14.3 Å². The number of imide groups is 1. The molecule has 0 heterocycles. The van der Waals surface area contributed by atoms with Crippen molar-refractivity contribution < 1.29 is 19.1 Å². The highest BCUT2D eigenvalue weighted by Crippen LogP contribution is 2.21. The van der Waals surface area contributed by atoms with E-state index in [4.69, 9.17) is 23.2 Å². The monoisotopic (exact) mass is 344 g/mol. The molecule has 0 bridgehead atoms. The molecule has 1 rings (SSSR count). The molecular formula is C14H14Cl2N2O4. The number of benzene rings is 1. The largest absolute Gasteiger partial charge is 0.452 e. The summed E-state index contributed by atoms with van der Waals surface area (Å²) in [5.74, 6) is -1.46. The smallest absolute Gasteiger partial charge is 0.331 e. The molecule has 6 nitrogen and oxygen atoms in total. The molecule has 2 N–H and O–H groups in total. The van der Waals surface area contributed by atoms with Gasteiger partial charge >= 0.3 is 12.0 Å². The van der Waals surface area contributed by atoms with Crippen molar-refractivity contribution in [3.63, 3.8) is 0 Å². The van der Waals surface area contributed by atoms with Gasteiger partial charge in [0, 0.05) is 22.7 Å². The average Bonchev–Trinajstić information content (AvgIpc) is 2.44. The Bertz CT molecular complexity index is 603. The van der Waals surface area contributed by atoms with Crippen LogP contribution in [0, 0.1) is 0 Å². The summed E-state index contributed by atoms with van der Waals surface area (Å²) < 4.78 is 4.68. The lowest BCUT2D eigenvalue weighted by Gasteiger charge is -2.04. The van der Waals surface area contributed by atoms with E-state index in [0.717, 1.165) is 6.08 Å². The van der Waals surface area contributed by atoms with Gasteiger partial charge in [0.1, 0.15) is 0 Å². The molecule has 1 aromatic rings. The molecule has 1 aromatic carbocycles. The minimum atomic E-state index is -0.739. The zero-order valence-electron chi connectivity index (χ0n) is 11.7. The van der Waals surface area contributed by atoms with Gasteiger partial charge in [0.05, 0.1) is 0 Å². The van der Waals surface area contributed by atoms with Crippen molar-refractivity contribution in [2.45, 2.75) is 6.92 Å². The van der Waals surface area contributed by atoms with Crippen LogP contribution in [0.15, 0.2) is 24.3 Å². The number of hydrogen-bond acceptors (Lipinski definition) is 4. The highest BCUT2D eigenvalue weighted by atomic mass is 35.5. The first-order chi connectivity index (χ1) is 10.4. The molecule has 0 saturated carbocycles. The lowest BCUT2D eigenvalue weighted by Crippen LogP contribution is -2.41. The van der Waals surface area contributed by atoms with Crippen LogP contribution in [0.1, 0.15) is 12.5 Å². The SMILES string of the molecule is CCNC(=O)NC(=O)COC(=O)/C=C/c1ccc(Cl)cc1Cl. The van der Waals surface area contributed by atoms with Gasteiger partial charge in [-0.2, -0.15) is 0 Å². The van der Waals surface area contributed by atoms with Crippen LogP contribution in [0.25, 0.3) is 6.08 Å². The number of urea groups is 1. The van der Waals surface area contributed by atoms with Gasteiger partial charge in [-0.25, -0.2) is 9.59 Å². The maximum absolute atomic E-state index is 11.5.